The SMILES string of the molecule is Cc1nc2ccccc2n1[C@@H](C)CC(=O)O. The number of imidazole rings is 1. The van der Waals surface area contributed by atoms with Crippen LogP contribution in [-0.2, 0) is 4.79 Å². The molecule has 1 atom stereocenters. The van der Waals surface area contributed by atoms with E-state index in [2.05, 4.69) is 4.98 Å². The lowest BCUT2D eigenvalue weighted by atomic mass is 10.2. The Hall–Kier alpha value is -1.84. The number of hydrogen-bond donors (Lipinski definition) is 1. The molecule has 1 N–H and O–H groups in total. The van der Waals surface area contributed by atoms with Crippen molar-refractivity contribution in [2.45, 2.75) is 26.3 Å². The normalized spacial score (nSPS) is 12.9. The molecule has 2 rings (SSSR count). The number of carboxylic acids is 1. The molecule has 0 aliphatic heterocycles. The van der Waals surface area contributed by atoms with E-state index in [4.69, 9.17) is 5.11 Å². The van der Waals surface area contributed by atoms with Gasteiger partial charge in [0.2, 0.25) is 0 Å². The van der Waals surface area contributed by atoms with Crippen LogP contribution < -0.4 is 0 Å². The average Bonchev–Trinajstić information content (AvgIpc) is 2.52. The zero-order valence-corrected chi connectivity index (χ0v) is 9.34. The van der Waals surface area contributed by atoms with E-state index in [-0.39, 0.29) is 12.5 Å². The summed E-state index contributed by atoms with van der Waals surface area (Å²) in [5, 5.41) is 8.81. The topological polar surface area (TPSA) is 55.1 Å². The molecule has 1 heterocycles. The fraction of sp³-hybridized carbons (Fsp3) is 0.333. The quantitative estimate of drug-likeness (QED) is 0.860. The highest BCUT2D eigenvalue weighted by Gasteiger charge is 2.15. The number of carbonyl (C=O) groups is 1. The molecule has 4 heteroatoms. The Balaban J connectivity index is 2.50. The van der Waals surface area contributed by atoms with Crippen molar-refractivity contribution in [3.05, 3.63) is 30.1 Å². The Morgan fingerprint density at radius 1 is 1.50 bits per heavy atom. The van der Waals surface area contributed by atoms with E-state index in [1.54, 1.807) is 0 Å². The molecule has 84 valence electrons. The van der Waals surface area contributed by atoms with Crippen LogP contribution in [-0.4, -0.2) is 20.6 Å². The zero-order chi connectivity index (χ0) is 11.7. The van der Waals surface area contributed by atoms with Gasteiger partial charge in [-0.3, -0.25) is 4.79 Å². The van der Waals surface area contributed by atoms with Gasteiger partial charge >= 0.3 is 5.97 Å². The number of hydrogen-bond acceptors (Lipinski definition) is 2. The smallest absolute Gasteiger partial charge is 0.305 e. The highest BCUT2D eigenvalue weighted by atomic mass is 16.4. The predicted octanol–water partition coefficient (Wildman–Crippen LogP) is 2.38. The number of aryl methyl sites for hydroxylation is 1. The molecule has 0 saturated carbocycles. The summed E-state index contributed by atoms with van der Waals surface area (Å²) in [7, 11) is 0. The summed E-state index contributed by atoms with van der Waals surface area (Å²) in [6.07, 6.45) is 0.112. The van der Waals surface area contributed by atoms with E-state index >= 15 is 0 Å². The Morgan fingerprint density at radius 2 is 2.19 bits per heavy atom. The second-order valence-electron chi connectivity index (χ2n) is 3.96. The van der Waals surface area contributed by atoms with Crippen molar-refractivity contribution in [1.29, 1.82) is 0 Å². The van der Waals surface area contributed by atoms with Crippen LogP contribution in [0.1, 0.15) is 25.2 Å². The van der Waals surface area contributed by atoms with E-state index in [0.29, 0.717) is 0 Å². The van der Waals surface area contributed by atoms with Gasteiger partial charge in [-0.2, -0.15) is 0 Å². The molecular weight excluding hydrogens is 204 g/mol. The Bertz CT molecular complexity index is 531. The molecule has 0 aliphatic carbocycles. The summed E-state index contributed by atoms with van der Waals surface area (Å²) >= 11 is 0. The molecule has 1 aromatic carbocycles. The van der Waals surface area contributed by atoms with Gasteiger partial charge < -0.3 is 9.67 Å². The number of aromatic nitrogens is 2. The summed E-state index contributed by atoms with van der Waals surface area (Å²) in [4.78, 5) is 15.1. The van der Waals surface area contributed by atoms with Crippen molar-refractivity contribution >= 4 is 17.0 Å². The molecule has 2 aromatic rings. The van der Waals surface area contributed by atoms with Gasteiger partial charge in [-0.15, -0.1) is 0 Å². The molecule has 0 unspecified atom stereocenters. The van der Waals surface area contributed by atoms with Crippen LogP contribution >= 0.6 is 0 Å². The van der Waals surface area contributed by atoms with E-state index in [1.807, 2.05) is 42.7 Å². The lowest BCUT2D eigenvalue weighted by Crippen LogP contribution is -2.11. The molecule has 0 radical (unpaired) electrons. The van der Waals surface area contributed by atoms with Crippen molar-refractivity contribution in [2.75, 3.05) is 0 Å². The maximum atomic E-state index is 10.7. The molecule has 0 aliphatic rings. The van der Waals surface area contributed by atoms with Crippen molar-refractivity contribution in [3.8, 4) is 0 Å². The summed E-state index contributed by atoms with van der Waals surface area (Å²) in [6, 6.07) is 7.69. The van der Waals surface area contributed by atoms with Gasteiger partial charge in [-0.05, 0) is 26.0 Å². The van der Waals surface area contributed by atoms with Crippen LogP contribution in [0.5, 0.6) is 0 Å². The first-order valence-corrected chi connectivity index (χ1v) is 5.25. The van der Waals surface area contributed by atoms with Gasteiger partial charge in [0, 0.05) is 6.04 Å². The number of benzene rings is 1. The Labute approximate surface area is 93.5 Å². The number of fused-ring (bicyclic) bond motifs is 1. The van der Waals surface area contributed by atoms with E-state index in [9.17, 15) is 4.79 Å². The van der Waals surface area contributed by atoms with Crippen LogP contribution in [0.15, 0.2) is 24.3 Å². The van der Waals surface area contributed by atoms with Gasteiger partial charge in [0.05, 0.1) is 17.5 Å². The van der Waals surface area contributed by atoms with Crippen molar-refractivity contribution in [3.63, 3.8) is 0 Å². The third-order valence-electron chi connectivity index (χ3n) is 2.68. The highest BCUT2D eigenvalue weighted by Crippen LogP contribution is 2.22. The summed E-state index contributed by atoms with van der Waals surface area (Å²) in [6.45, 7) is 3.80. The van der Waals surface area contributed by atoms with E-state index in [1.165, 1.54) is 0 Å². The molecule has 4 nitrogen and oxygen atoms in total. The monoisotopic (exact) mass is 218 g/mol. The second-order valence-corrected chi connectivity index (χ2v) is 3.96. The number of aliphatic carboxylic acids is 1. The van der Waals surface area contributed by atoms with Crippen molar-refractivity contribution in [2.24, 2.45) is 0 Å². The number of nitrogens with zero attached hydrogens (tertiary/aromatic N) is 2. The van der Waals surface area contributed by atoms with E-state index in [0.717, 1.165) is 16.9 Å². The first-order chi connectivity index (χ1) is 7.59. The molecule has 16 heavy (non-hydrogen) atoms. The summed E-state index contributed by atoms with van der Waals surface area (Å²) in [5.74, 6) is 0.0691. The standard InChI is InChI=1S/C12H14N2O2/c1-8(7-12(15)16)14-9(2)13-10-5-3-4-6-11(10)14/h3-6,8H,7H2,1-2H3,(H,15,16)/t8-/m0/s1. The number of para-hydroxylation sites is 2. The minimum atomic E-state index is -0.787. The van der Waals surface area contributed by atoms with E-state index < -0.39 is 5.97 Å². The van der Waals surface area contributed by atoms with Gasteiger partial charge in [-0.25, -0.2) is 4.98 Å². The van der Waals surface area contributed by atoms with Crippen LogP contribution in [0, 0.1) is 6.92 Å². The van der Waals surface area contributed by atoms with Crippen LogP contribution in [0.3, 0.4) is 0 Å². The number of carboxylic acid groups (broad SMARTS) is 1. The minimum absolute atomic E-state index is 0.0788. The number of rotatable bonds is 3. The first kappa shape index (κ1) is 10.7. The van der Waals surface area contributed by atoms with Crippen molar-refractivity contribution in [1.82, 2.24) is 9.55 Å². The van der Waals surface area contributed by atoms with Crippen LogP contribution in [0.4, 0.5) is 0 Å². The zero-order valence-electron chi connectivity index (χ0n) is 9.34. The lowest BCUT2D eigenvalue weighted by Gasteiger charge is -2.13. The Kier molecular flexibility index (Phi) is 2.64. The molecule has 0 saturated heterocycles. The largest absolute Gasteiger partial charge is 0.481 e. The van der Waals surface area contributed by atoms with Crippen molar-refractivity contribution < 1.29 is 9.90 Å². The molecule has 1 aromatic heterocycles. The van der Waals surface area contributed by atoms with Gasteiger partial charge in [0.25, 0.3) is 0 Å². The second kappa shape index (κ2) is 3.96. The Morgan fingerprint density at radius 3 is 2.88 bits per heavy atom. The predicted molar refractivity (Wildman–Crippen MR) is 61.4 cm³/mol. The fourth-order valence-corrected chi connectivity index (χ4v) is 2.07. The molecular formula is C12H14N2O2. The molecule has 0 spiro atoms. The third-order valence-corrected chi connectivity index (χ3v) is 2.68. The maximum absolute atomic E-state index is 10.7. The summed E-state index contributed by atoms with van der Waals surface area (Å²) in [5.41, 5.74) is 1.91. The molecule has 0 bridgehead atoms. The maximum Gasteiger partial charge on any atom is 0.305 e. The average molecular weight is 218 g/mol. The van der Waals surface area contributed by atoms with Gasteiger partial charge in [0.1, 0.15) is 5.82 Å². The van der Waals surface area contributed by atoms with Gasteiger partial charge in [0.15, 0.2) is 0 Å². The summed E-state index contributed by atoms with van der Waals surface area (Å²) < 4.78 is 1.98. The third kappa shape index (κ3) is 1.78. The minimum Gasteiger partial charge on any atom is -0.481 e. The van der Waals surface area contributed by atoms with Crippen LogP contribution in [0.25, 0.3) is 11.0 Å². The molecule has 0 fully saturated rings. The highest BCUT2D eigenvalue weighted by molar-refractivity contribution is 5.76. The lowest BCUT2D eigenvalue weighted by molar-refractivity contribution is -0.137. The molecule has 0 amide bonds. The van der Waals surface area contributed by atoms with Crippen LogP contribution in [0.2, 0.25) is 0 Å². The van der Waals surface area contributed by atoms with Gasteiger partial charge in [-0.1, -0.05) is 12.1 Å². The first-order valence-electron chi connectivity index (χ1n) is 5.25. The fourth-order valence-electron chi connectivity index (χ4n) is 2.07.